The van der Waals surface area contributed by atoms with Gasteiger partial charge < -0.3 is 5.11 Å². The summed E-state index contributed by atoms with van der Waals surface area (Å²) in [7, 11) is -0.898. The highest BCUT2D eigenvalue weighted by Crippen LogP contribution is 2.17. The lowest BCUT2D eigenvalue weighted by Gasteiger charge is -2.18. The zero-order valence-corrected chi connectivity index (χ0v) is 6.93. The molecule has 0 aromatic rings. The fourth-order valence-corrected chi connectivity index (χ4v) is 2.31. The van der Waals surface area contributed by atoms with E-state index in [1.54, 1.807) is 6.26 Å². The average Bonchev–Trinajstić information content (AvgIpc) is 2.33. The van der Waals surface area contributed by atoms with Gasteiger partial charge in [0.05, 0.1) is 17.6 Å². The zero-order chi connectivity index (χ0) is 7.56. The van der Waals surface area contributed by atoms with Gasteiger partial charge >= 0.3 is 0 Å². The predicted octanol–water partition coefficient (Wildman–Crippen LogP) is -0.263. The highest BCUT2D eigenvalue weighted by molar-refractivity contribution is 7.81. The molecule has 10 heavy (non-hydrogen) atoms. The van der Waals surface area contributed by atoms with Crippen molar-refractivity contribution in [3.8, 4) is 0 Å². The van der Waals surface area contributed by atoms with Crippen LogP contribution in [0.15, 0.2) is 0 Å². The minimum absolute atomic E-state index is 0.138. The summed E-state index contributed by atoms with van der Waals surface area (Å²) in [5, 5.41) is 8.81. The summed E-state index contributed by atoms with van der Waals surface area (Å²) in [4.78, 5) is 0. The fourth-order valence-electron chi connectivity index (χ4n) is 1.33. The number of aliphatic hydroxyl groups excluding tert-OH is 1. The molecule has 0 aromatic carbocycles. The van der Waals surface area contributed by atoms with Gasteiger partial charge in [-0.05, 0) is 12.8 Å². The maximum absolute atomic E-state index is 10.9. The number of rotatable bonds is 2. The van der Waals surface area contributed by atoms with Crippen LogP contribution in [-0.2, 0) is 11.0 Å². The van der Waals surface area contributed by atoms with Gasteiger partial charge in [-0.15, -0.1) is 0 Å². The third-order valence-corrected chi connectivity index (χ3v) is 3.01. The first-order chi connectivity index (χ1) is 4.75. The van der Waals surface area contributed by atoms with E-state index in [1.807, 2.05) is 4.31 Å². The van der Waals surface area contributed by atoms with Crippen molar-refractivity contribution in [2.75, 3.05) is 19.4 Å². The SMILES string of the molecule is CS(=O)N1CCC[C@H]1CO. The first-order valence-electron chi connectivity index (χ1n) is 3.46. The van der Waals surface area contributed by atoms with Crippen LogP contribution in [0.3, 0.4) is 0 Å². The van der Waals surface area contributed by atoms with Crippen molar-refractivity contribution in [3.63, 3.8) is 0 Å². The van der Waals surface area contributed by atoms with Gasteiger partial charge in [0.1, 0.15) is 0 Å². The molecule has 1 saturated heterocycles. The molecule has 1 fully saturated rings. The van der Waals surface area contributed by atoms with E-state index in [1.165, 1.54) is 0 Å². The van der Waals surface area contributed by atoms with Crippen LogP contribution in [0, 0.1) is 0 Å². The van der Waals surface area contributed by atoms with Crippen LogP contribution in [0.5, 0.6) is 0 Å². The highest BCUT2D eigenvalue weighted by atomic mass is 32.2. The van der Waals surface area contributed by atoms with Crippen molar-refractivity contribution >= 4 is 11.0 Å². The quantitative estimate of drug-likeness (QED) is 0.609. The molecule has 0 aromatic heterocycles. The lowest BCUT2D eigenvalue weighted by Crippen LogP contribution is -2.33. The molecule has 0 saturated carbocycles. The second-order valence-corrected chi connectivity index (χ2v) is 3.86. The lowest BCUT2D eigenvalue weighted by atomic mass is 10.2. The number of hydrogen-bond donors (Lipinski definition) is 1. The average molecular weight is 163 g/mol. The maximum atomic E-state index is 10.9. The second-order valence-electron chi connectivity index (χ2n) is 2.54. The Hall–Kier alpha value is 0.0700. The number of aliphatic hydroxyl groups is 1. The van der Waals surface area contributed by atoms with Gasteiger partial charge in [0.15, 0.2) is 0 Å². The summed E-state index contributed by atoms with van der Waals surface area (Å²) in [5.41, 5.74) is 0. The van der Waals surface area contributed by atoms with E-state index in [0.29, 0.717) is 0 Å². The van der Waals surface area contributed by atoms with Crippen LogP contribution in [-0.4, -0.2) is 39.1 Å². The Morgan fingerprint density at radius 2 is 2.50 bits per heavy atom. The van der Waals surface area contributed by atoms with Gasteiger partial charge in [-0.1, -0.05) is 0 Å². The first-order valence-corrected chi connectivity index (χ1v) is 4.98. The standard InChI is InChI=1S/C6H13NO2S/c1-10(9)7-4-2-3-6(7)5-8/h6,8H,2-5H2,1H3/t6-,10?/m0/s1. The Morgan fingerprint density at radius 3 is 2.90 bits per heavy atom. The van der Waals surface area contributed by atoms with E-state index in [-0.39, 0.29) is 12.6 Å². The first kappa shape index (κ1) is 8.17. The largest absolute Gasteiger partial charge is 0.395 e. The van der Waals surface area contributed by atoms with Crippen LogP contribution in [0.25, 0.3) is 0 Å². The molecule has 1 aliphatic heterocycles. The van der Waals surface area contributed by atoms with Gasteiger partial charge in [-0.2, -0.15) is 0 Å². The Kier molecular flexibility index (Phi) is 2.82. The van der Waals surface area contributed by atoms with E-state index in [9.17, 15) is 4.21 Å². The van der Waals surface area contributed by atoms with Gasteiger partial charge in [0.2, 0.25) is 0 Å². The highest BCUT2D eigenvalue weighted by Gasteiger charge is 2.25. The lowest BCUT2D eigenvalue weighted by molar-refractivity contribution is 0.218. The molecule has 4 heteroatoms. The molecule has 60 valence electrons. The molecule has 2 atom stereocenters. The fraction of sp³-hybridized carbons (Fsp3) is 1.00. The van der Waals surface area contributed by atoms with Crippen LogP contribution < -0.4 is 0 Å². The molecular weight excluding hydrogens is 150 g/mol. The van der Waals surface area contributed by atoms with Crippen molar-refractivity contribution in [3.05, 3.63) is 0 Å². The molecule has 1 unspecified atom stereocenters. The van der Waals surface area contributed by atoms with E-state index >= 15 is 0 Å². The molecule has 0 amide bonds. The molecule has 0 radical (unpaired) electrons. The molecule has 1 heterocycles. The minimum Gasteiger partial charge on any atom is -0.395 e. The van der Waals surface area contributed by atoms with Crippen molar-refractivity contribution in [2.45, 2.75) is 18.9 Å². The summed E-state index contributed by atoms with van der Waals surface area (Å²) in [6, 6.07) is 0.144. The molecule has 0 aliphatic carbocycles. The predicted molar refractivity (Wildman–Crippen MR) is 40.9 cm³/mol. The van der Waals surface area contributed by atoms with Crippen molar-refractivity contribution in [1.82, 2.24) is 4.31 Å². The third kappa shape index (κ3) is 1.56. The Labute approximate surface area is 63.6 Å². The summed E-state index contributed by atoms with van der Waals surface area (Å²) in [6.07, 6.45) is 3.70. The molecular formula is C6H13NO2S. The maximum Gasteiger partial charge on any atom is 0.0914 e. The van der Waals surface area contributed by atoms with Crippen LogP contribution in [0.1, 0.15) is 12.8 Å². The third-order valence-electron chi connectivity index (χ3n) is 1.86. The van der Waals surface area contributed by atoms with Crippen molar-refractivity contribution < 1.29 is 9.32 Å². The Balaban J connectivity index is 2.50. The van der Waals surface area contributed by atoms with E-state index in [4.69, 9.17) is 5.11 Å². The minimum atomic E-state index is -0.898. The summed E-state index contributed by atoms with van der Waals surface area (Å²) in [5.74, 6) is 0. The second kappa shape index (κ2) is 3.46. The van der Waals surface area contributed by atoms with Gasteiger partial charge in [-0.3, -0.25) is 0 Å². The van der Waals surface area contributed by atoms with Crippen molar-refractivity contribution in [1.29, 1.82) is 0 Å². The van der Waals surface area contributed by atoms with Gasteiger partial charge in [0.25, 0.3) is 0 Å². The molecule has 1 aliphatic rings. The van der Waals surface area contributed by atoms with Crippen molar-refractivity contribution in [2.24, 2.45) is 0 Å². The molecule has 3 nitrogen and oxygen atoms in total. The molecule has 0 spiro atoms. The number of hydrogen-bond acceptors (Lipinski definition) is 2. The van der Waals surface area contributed by atoms with Gasteiger partial charge in [-0.25, -0.2) is 8.51 Å². The van der Waals surface area contributed by atoms with Crippen LogP contribution in [0.4, 0.5) is 0 Å². The van der Waals surface area contributed by atoms with E-state index in [0.717, 1.165) is 19.4 Å². The smallest absolute Gasteiger partial charge is 0.0914 e. The van der Waals surface area contributed by atoms with Gasteiger partial charge in [0, 0.05) is 18.8 Å². The Morgan fingerprint density at radius 1 is 1.80 bits per heavy atom. The summed E-state index contributed by atoms with van der Waals surface area (Å²) >= 11 is 0. The van der Waals surface area contributed by atoms with E-state index < -0.39 is 11.0 Å². The normalized spacial score (nSPS) is 30.8. The summed E-state index contributed by atoms with van der Waals surface area (Å²) in [6.45, 7) is 1.01. The molecule has 1 rings (SSSR count). The topological polar surface area (TPSA) is 40.5 Å². The molecule has 1 N–H and O–H groups in total. The van der Waals surface area contributed by atoms with Crippen LogP contribution >= 0.6 is 0 Å². The van der Waals surface area contributed by atoms with E-state index in [2.05, 4.69) is 0 Å². The number of nitrogens with zero attached hydrogens (tertiary/aromatic N) is 1. The Bertz CT molecular complexity index is 140. The monoisotopic (exact) mass is 163 g/mol. The zero-order valence-electron chi connectivity index (χ0n) is 6.12. The molecule has 0 bridgehead atoms. The summed E-state index contributed by atoms with van der Waals surface area (Å²) < 4.78 is 12.8. The van der Waals surface area contributed by atoms with Crippen LogP contribution in [0.2, 0.25) is 0 Å².